The Kier molecular flexibility index (Phi) is 5.70. The van der Waals surface area contributed by atoms with Crippen LogP contribution in [0.3, 0.4) is 0 Å². The molecular weight excluding hydrogens is 450 g/mol. The van der Waals surface area contributed by atoms with Gasteiger partial charge in [-0.2, -0.15) is 0 Å². The van der Waals surface area contributed by atoms with Crippen molar-refractivity contribution in [3.63, 3.8) is 0 Å². The van der Waals surface area contributed by atoms with E-state index in [4.69, 9.17) is 9.47 Å². The van der Waals surface area contributed by atoms with Crippen molar-refractivity contribution in [3.8, 4) is 0 Å². The summed E-state index contributed by atoms with van der Waals surface area (Å²) in [4.78, 5) is 26.0. The third kappa shape index (κ3) is 3.46. The number of amides is 1. The van der Waals surface area contributed by atoms with E-state index in [2.05, 4.69) is 38.7 Å². The Balaban J connectivity index is 1.25. The van der Waals surface area contributed by atoms with Crippen LogP contribution in [-0.2, 0) is 19.1 Å². The van der Waals surface area contributed by atoms with E-state index < -0.39 is 0 Å². The van der Waals surface area contributed by atoms with Crippen molar-refractivity contribution in [3.05, 3.63) is 23.0 Å². The molecule has 2 aliphatic heterocycles. The number of likely N-dealkylation sites (tertiary alicyclic amines) is 1. The van der Waals surface area contributed by atoms with Gasteiger partial charge in [0.05, 0.1) is 6.04 Å². The summed E-state index contributed by atoms with van der Waals surface area (Å²) in [6.07, 6.45) is 11.8. The van der Waals surface area contributed by atoms with Crippen LogP contribution in [0, 0.1) is 40.4 Å². The molecular formula is C31H45NO4. The van der Waals surface area contributed by atoms with Crippen LogP contribution < -0.4 is 0 Å². The molecule has 36 heavy (non-hydrogen) atoms. The molecule has 0 N–H and O–H groups in total. The summed E-state index contributed by atoms with van der Waals surface area (Å²) < 4.78 is 12.5. The zero-order valence-corrected chi connectivity index (χ0v) is 23.1. The number of allylic oxidation sites excluding steroid dienone is 1. The van der Waals surface area contributed by atoms with Crippen molar-refractivity contribution in [2.45, 2.75) is 111 Å². The molecule has 0 aromatic heterocycles. The molecule has 1 amide bonds. The highest BCUT2D eigenvalue weighted by atomic mass is 16.5. The molecule has 0 spiro atoms. The predicted octanol–water partition coefficient (Wildman–Crippen LogP) is 6.04. The first-order valence-electron chi connectivity index (χ1n) is 14.5. The van der Waals surface area contributed by atoms with Gasteiger partial charge < -0.3 is 14.4 Å². The topological polar surface area (TPSA) is 55.8 Å². The second kappa shape index (κ2) is 8.36. The van der Waals surface area contributed by atoms with Crippen molar-refractivity contribution in [2.24, 2.45) is 40.4 Å². The summed E-state index contributed by atoms with van der Waals surface area (Å²) >= 11 is 0. The van der Waals surface area contributed by atoms with Gasteiger partial charge in [-0.25, -0.2) is 0 Å². The lowest BCUT2D eigenvalue weighted by Gasteiger charge is -2.58. The first-order chi connectivity index (χ1) is 17.0. The quantitative estimate of drug-likeness (QED) is 0.346. The molecule has 6 aliphatic rings. The predicted molar refractivity (Wildman–Crippen MR) is 139 cm³/mol. The number of rotatable bonds is 2. The standard InChI is InChI=1S/C31H45NO4/c1-17-13-26(32(16-17)19(3)33)29-18(2)28-27(36-29)15-25-23-8-7-21-14-22(35-20(4)34)9-11-30(21,5)24(23)10-12-31(25,28)6/h7,17,22-28H,8-16H2,1-6H3/t17-,22+,23+,24-,25+,26-,27+,28+,30+,31+/m1/s1. The Morgan fingerprint density at radius 2 is 1.89 bits per heavy atom. The lowest BCUT2D eigenvalue weighted by atomic mass is 9.47. The van der Waals surface area contributed by atoms with E-state index in [1.807, 2.05) is 0 Å². The molecule has 10 atom stereocenters. The third-order valence-corrected chi connectivity index (χ3v) is 11.7. The summed E-state index contributed by atoms with van der Waals surface area (Å²) in [6, 6.07) is 0.132. The van der Waals surface area contributed by atoms with Gasteiger partial charge in [0, 0.05) is 32.7 Å². The zero-order chi connectivity index (χ0) is 25.6. The Labute approximate surface area is 217 Å². The normalized spacial score (nSPS) is 47.4. The Bertz CT molecular complexity index is 1030. The van der Waals surface area contributed by atoms with Crippen LogP contribution in [0.2, 0.25) is 0 Å². The van der Waals surface area contributed by atoms with Crippen LogP contribution in [0.5, 0.6) is 0 Å². The first-order valence-corrected chi connectivity index (χ1v) is 14.5. The minimum absolute atomic E-state index is 0.0607. The number of hydrogen-bond donors (Lipinski definition) is 0. The lowest BCUT2D eigenvalue weighted by molar-refractivity contribution is -0.148. The molecule has 1 saturated heterocycles. The molecule has 198 valence electrons. The van der Waals surface area contributed by atoms with E-state index in [0.717, 1.165) is 56.7 Å². The van der Waals surface area contributed by atoms with Gasteiger partial charge in [-0.05, 0) is 91.9 Å². The van der Waals surface area contributed by atoms with E-state index in [0.29, 0.717) is 23.7 Å². The minimum atomic E-state index is -0.148. The molecule has 0 bridgehead atoms. The average Bonchev–Trinajstić information content (AvgIpc) is 3.44. The maximum atomic E-state index is 12.4. The fraction of sp³-hybridized carbons (Fsp3) is 0.806. The van der Waals surface area contributed by atoms with Crippen LogP contribution in [0.25, 0.3) is 0 Å². The summed E-state index contributed by atoms with van der Waals surface area (Å²) in [5, 5.41) is 0. The Hall–Kier alpha value is -1.78. The van der Waals surface area contributed by atoms with Gasteiger partial charge in [0.1, 0.15) is 18.0 Å². The van der Waals surface area contributed by atoms with Crippen molar-refractivity contribution in [2.75, 3.05) is 6.54 Å². The van der Waals surface area contributed by atoms with Gasteiger partial charge in [0.15, 0.2) is 0 Å². The van der Waals surface area contributed by atoms with Crippen molar-refractivity contribution < 1.29 is 19.1 Å². The highest BCUT2D eigenvalue weighted by Crippen LogP contribution is 2.69. The molecule has 4 fully saturated rings. The van der Waals surface area contributed by atoms with Crippen LogP contribution in [-0.4, -0.2) is 41.6 Å². The maximum absolute atomic E-state index is 12.4. The number of esters is 1. The molecule has 2 heterocycles. The molecule has 0 radical (unpaired) electrons. The Morgan fingerprint density at radius 1 is 1.11 bits per heavy atom. The number of hydrogen-bond acceptors (Lipinski definition) is 4. The fourth-order valence-corrected chi connectivity index (χ4v) is 10.2. The highest BCUT2D eigenvalue weighted by Gasteiger charge is 2.64. The second-order valence-electron chi connectivity index (χ2n) is 13.7. The molecule has 0 unspecified atom stereocenters. The van der Waals surface area contributed by atoms with E-state index >= 15 is 0 Å². The molecule has 5 heteroatoms. The Morgan fingerprint density at radius 3 is 2.61 bits per heavy atom. The fourth-order valence-electron chi connectivity index (χ4n) is 10.2. The molecule has 3 saturated carbocycles. The van der Waals surface area contributed by atoms with Crippen LogP contribution in [0.4, 0.5) is 0 Å². The van der Waals surface area contributed by atoms with E-state index in [-0.39, 0.29) is 41.0 Å². The van der Waals surface area contributed by atoms with Crippen molar-refractivity contribution in [1.29, 1.82) is 0 Å². The van der Waals surface area contributed by atoms with Gasteiger partial charge in [-0.3, -0.25) is 9.59 Å². The number of nitrogens with zero attached hydrogens (tertiary/aromatic N) is 1. The summed E-state index contributed by atoms with van der Waals surface area (Å²) in [5.74, 6) is 4.31. The molecule has 6 rings (SSSR count). The third-order valence-electron chi connectivity index (χ3n) is 11.7. The average molecular weight is 496 g/mol. The number of fused-ring (bicyclic) bond motifs is 7. The molecule has 4 aliphatic carbocycles. The largest absolute Gasteiger partial charge is 0.492 e. The zero-order valence-electron chi connectivity index (χ0n) is 23.1. The van der Waals surface area contributed by atoms with E-state index in [9.17, 15) is 9.59 Å². The summed E-state index contributed by atoms with van der Waals surface area (Å²) in [6.45, 7) is 13.7. The molecule has 0 aromatic rings. The van der Waals surface area contributed by atoms with Gasteiger partial charge in [0.2, 0.25) is 5.91 Å². The van der Waals surface area contributed by atoms with E-state index in [1.165, 1.54) is 25.3 Å². The summed E-state index contributed by atoms with van der Waals surface area (Å²) in [5.41, 5.74) is 3.52. The first kappa shape index (κ1) is 24.6. The van der Waals surface area contributed by atoms with E-state index in [1.54, 1.807) is 12.5 Å². The summed E-state index contributed by atoms with van der Waals surface area (Å²) in [7, 11) is 0. The van der Waals surface area contributed by atoms with Gasteiger partial charge in [-0.1, -0.05) is 32.4 Å². The van der Waals surface area contributed by atoms with Gasteiger partial charge >= 0.3 is 5.97 Å². The highest BCUT2D eigenvalue weighted by molar-refractivity contribution is 5.74. The van der Waals surface area contributed by atoms with Crippen LogP contribution >= 0.6 is 0 Å². The number of ether oxygens (including phenoxy) is 2. The van der Waals surface area contributed by atoms with Crippen molar-refractivity contribution >= 4 is 11.9 Å². The van der Waals surface area contributed by atoms with Crippen LogP contribution in [0.15, 0.2) is 23.0 Å². The van der Waals surface area contributed by atoms with Gasteiger partial charge in [-0.15, -0.1) is 0 Å². The van der Waals surface area contributed by atoms with Crippen molar-refractivity contribution in [1.82, 2.24) is 4.90 Å². The monoisotopic (exact) mass is 495 g/mol. The van der Waals surface area contributed by atoms with Gasteiger partial charge in [0.25, 0.3) is 0 Å². The van der Waals surface area contributed by atoms with Crippen LogP contribution in [0.1, 0.15) is 92.9 Å². The lowest BCUT2D eigenvalue weighted by Crippen LogP contribution is -2.50. The SMILES string of the molecule is CC(=O)O[C@H]1CC[C@@]2(C)C(=CC[C@H]3[C@H]2CC[C@@]2(C)[C@H]3C[C@@H]3OC([C@H]4C[C@@H](C)CN4C(C)=O)=C(C)[C@@H]32)C1. The molecule has 5 nitrogen and oxygen atoms in total. The number of carbonyl (C=O) groups is 2. The molecule has 0 aromatic carbocycles. The number of carbonyl (C=O) groups excluding carboxylic acids is 2. The minimum Gasteiger partial charge on any atom is -0.492 e. The second-order valence-corrected chi connectivity index (χ2v) is 13.7. The smallest absolute Gasteiger partial charge is 0.302 e. The maximum Gasteiger partial charge on any atom is 0.302 e.